The summed E-state index contributed by atoms with van der Waals surface area (Å²) in [6, 6.07) is 8.36. The van der Waals surface area contributed by atoms with E-state index in [0.717, 1.165) is 16.9 Å². The predicted molar refractivity (Wildman–Crippen MR) is 75.2 cm³/mol. The van der Waals surface area contributed by atoms with Gasteiger partial charge in [0.15, 0.2) is 5.82 Å². The van der Waals surface area contributed by atoms with E-state index in [9.17, 15) is 0 Å². The second-order valence-electron chi connectivity index (χ2n) is 5.36. The monoisotopic (exact) mass is 268 g/mol. The Hall–Kier alpha value is -2.14. The third kappa shape index (κ3) is 2.00. The molecule has 1 aliphatic carbocycles. The molecule has 0 spiro atoms. The number of hydrogen-bond acceptors (Lipinski definition) is 4. The summed E-state index contributed by atoms with van der Waals surface area (Å²) in [6.07, 6.45) is 4.42. The van der Waals surface area contributed by atoms with Gasteiger partial charge in [0.2, 0.25) is 5.89 Å². The molecule has 0 aliphatic heterocycles. The van der Waals surface area contributed by atoms with Crippen LogP contribution in [0.1, 0.15) is 36.0 Å². The summed E-state index contributed by atoms with van der Waals surface area (Å²) in [6.45, 7) is 1.16. The zero-order valence-corrected chi connectivity index (χ0v) is 11.1. The third-order valence-corrected chi connectivity index (χ3v) is 3.81. The van der Waals surface area contributed by atoms with E-state index in [2.05, 4.69) is 39.0 Å². The Morgan fingerprint density at radius 3 is 3.00 bits per heavy atom. The van der Waals surface area contributed by atoms with Gasteiger partial charge < -0.3 is 14.8 Å². The van der Waals surface area contributed by atoms with Crippen molar-refractivity contribution in [1.82, 2.24) is 14.7 Å². The summed E-state index contributed by atoms with van der Waals surface area (Å²) in [4.78, 5) is 4.47. The molecule has 3 aromatic rings. The molecule has 0 amide bonds. The van der Waals surface area contributed by atoms with Crippen LogP contribution in [0.2, 0.25) is 0 Å². The van der Waals surface area contributed by atoms with Crippen molar-refractivity contribution < 1.29 is 4.52 Å². The van der Waals surface area contributed by atoms with Crippen LogP contribution in [-0.4, -0.2) is 14.7 Å². The lowest BCUT2D eigenvalue weighted by Gasteiger charge is -2.03. The quantitative estimate of drug-likeness (QED) is 0.788. The summed E-state index contributed by atoms with van der Waals surface area (Å²) in [5.41, 5.74) is 7.98. The second-order valence-corrected chi connectivity index (χ2v) is 5.36. The van der Waals surface area contributed by atoms with Gasteiger partial charge in [-0.25, -0.2) is 0 Å². The molecule has 0 atom stereocenters. The van der Waals surface area contributed by atoms with Gasteiger partial charge in [-0.2, -0.15) is 4.98 Å². The summed E-state index contributed by atoms with van der Waals surface area (Å²) < 4.78 is 7.46. The van der Waals surface area contributed by atoms with E-state index < -0.39 is 0 Å². The Labute approximate surface area is 116 Å². The van der Waals surface area contributed by atoms with Gasteiger partial charge in [-0.05, 0) is 35.9 Å². The molecule has 5 heteroatoms. The van der Waals surface area contributed by atoms with Crippen molar-refractivity contribution in [3.63, 3.8) is 0 Å². The van der Waals surface area contributed by atoms with Gasteiger partial charge in [0.05, 0.1) is 0 Å². The zero-order valence-electron chi connectivity index (χ0n) is 11.1. The van der Waals surface area contributed by atoms with Gasteiger partial charge in [0, 0.05) is 24.2 Å². The van der Waals surface area contributed by atoms with E-state index in [4.69, 9.17) is 10.3 Å². The van der Waals surface area contributed by atoms with E-state index in [-0.39, 0.29) is 0 Å². The summed E-state index contributed by atoms with van der Waals surface area (Å²) in [5.74, 6) is 2.06. The van der Waals surface area contributed by atoms with Crippen LogP contribution in [0, 0.1) is 0 Å². The minimum atomic E-state index is 0.526. The third-order valence-electron chi connectivity index (χ3n) is 3.81. The largest absolute Gasteiger partial charge is 0.338 e. The summed E-state index contributed by atoms with van der Waals surface area (Å²) in [5, 5.41) is 5.25. The molecule has 2 heterocycles. The molecule has 1 saturated carbocycles. The minimum absolute atomic E-state index is 0.526. The molecule has 5 nitrogen and oxygen atoms in total. The highest BCUT2D eigenvalue weighted by atomic mass is 16.5. The van der Waals surface area contributed by atoms with Gasteiger partial charge in [0.25, 0.3) is 0 Å². The first kappa shape index (κ1) is 11.7. The fourth-order valence-corrected chi connectivity index (χ4v) is 2.48. The maximum Gasteiger partial charge on any atom is 0.246 e. The van der Waals surface area contributed by atoms with Crippen molar-refractivity contribution in [3.05, 3.63) is 47.7 Å². The molecule has 0 saturated heterocycles. The van der Waals surface area contributed by atoms with Crippen LogP contribution < -0.4 is 5.73 Å². The van der Waals surface area contributed by atoms with Crippen molar-refractivity contribution in [2.75, 3.05) is 0 Å². The lowest BCUT2D eigenvalue weighted by Crippen LogP contribution is -2.00. The zero-order chi connectivity index (χ0) is 13.5. The molecular formula is C15H16N4O. The van der Waals surface area contributed by atoms with Gasteiger partial charge in [-0.3, -0.25) is 0 Å². The molecule has 1 aliphatic rings. The number of aromatic nitrogens is 3. The van der Waals surface area contributed by atoms with Gasteiger partial charge in [-0.1, -0.05) is 17.3 Å². The Kier molecular flexibility index (Phi) is 2.60. The predicted octanol–water partition coefficient (Wildman–Crippen LogP) is 2.41. The van der Waals surface area contributed by atoms with Crippen LogP contribution in [-0.2, 0) is 13.1 Å². The number of nitrogens with zero attached hydrogens (tertiary/aromatic N) is 3. The standard InChI is InChI=1S/C15H16N4O/c16-8-10-1-2-11-5-6-19(13(11)7-10)9-14-17-15(18-20-14)12-3-4-12/h1-2,5-7,12H,3-4,8-9,16H2. The molecular weight excluding hydrogens is 252 g/mol. The van der Waals surface area contributed by atoms with Crippen LogP contribution in [0.15, 0.2) is 35.0 Å². The fraction of sp³-hybridized carbons (Fsp3) is 0.333. The fourth-order valence-electron chi connectivity index (χ4n) is 2.48. The summed E-state index contributed by atoms with van der Waals surface area (Å²) >= 11 is 0. The topological polar surface area (TPSA) is 69.9 Å². The lowest BCUT2D eigenvalue weighted by atomic mass is 10.1. The minimum Gasteiger partial charge on any atom is -0.338 e. The number of nitrogens with two attached hydrogens (primary N) is 1. The molecule has 2 N–H and O–H groups in total. The highest BCUT2D eigenvalue weighted by Crippen LogP contribution is 2.38. The highest BCUT2D eigenvalue weighted by molar-refractivity contribution is 5.80. The molecule has 20 heavy (non-hydrogen) atoms. The Morgan fingerprint density at radius 2 is 2.20 bits per heavy atom. The van der Waals surface area contributed by atoms with Crippen molar-refractivity contribution in [2.24, 2.45) is 5.73 Å². The van der Waals surface area contributed by atoms with Gasteiger partial charge in [-0.15, -0.1) is 0 Å². The average Bonchev–Trinajstić information content (AvgIpc) is 3.11. The molecule has 0 unspecified atom stereocenters. The van der Waals surface area contributed by atoms with Crippen LogP contribution in [0.25, 0.3) is 10.9 Å². The maximum absolute atomic E-state index is 5.71. The molecule has 0 radical (unpaired) electrons. The molecule has 102 valence electrons. The summed E-state index contributed by atoms with van der Waals surface area (Å²) in [7, 11) is 0. The second kappa shape index (κ2) is 4.45. The van der Waals surface area contributed by atoms with Crippen molar-refractivity contribution in [3.8, 4) is 0 Å². The average molecular weight is 268 g/mol. The van der Waals surface area contributed by atoms with Gasteiger partial charge in [0.1, 0.15) is 6.54 Å². The number of fused-ring (bicyclic) bond motifs is 1. The van der Waals surface area contributed by atoms with Crippen molar-refractivity contribution in [1.29, 1.82) is 0 Å². The van der Waals surface area contributed by atoms with Crippen LogP contribution in [0.5, 0.6) is 0 Å². The molecule has 2 aromatic heterocycles. The first-order valence-corrected chi connectivity index (χ1v) is 6.94. The highest BCUT2D eigenvalue weighted by Gasteiger charge is 2.28. The SMILES string of the molecule is NCc1ccc2ccn(Cc3nc(C4CC4)no3)c2c1. The first-order valence-electron chi connectivity index (χ1n) is 6.94. The Morgan fingerprint density at radius 1 is 1.30 bits per heavy atom. The van der Waals surface area contributed by atoms with Crippen molar-refractivity contribution >= 4 is 10.9 Å². The molecule has 1 fully saturated rings. The van der Waals surface area contributed by atoms with E-state index in [1.54, 1.807) is 0 Å². The smallest absolute Gasteiger partial charge is 0.246 e. The first-order chi connectivity index (χ1) is 9.83. The lowest BCUT2D eigenvalue weighted by molar-refractivity contribution is 0.367. The number of rotatable bonds is 4. The van der Waals surface area contributed by atoms with Crippen LogP contribution in [0.3, 0.4) is 0 Å². The van der Waals surface area contributed by atoms with Crippen molar-refractivity contribution in [2.45, 2.75) is 31.8 Å². The number of benzene rings is 1. The molecule has 0 bridgehead atoms. The van der Waals surface area contributed by atoms with E-state index in [1.165, 1.54) is 18.2 Å². The Bertz CT molecular complexity index is 754. The number of hydrogen-bond donors (Lipinski definition) is 1. The van der Waals surface area contributed by atoms with E-state index in [1.807, 2.05) is 6.20 Å². The van der Waals surface area contributed by atoms with E-state index >= 15 is 0 Å². The molecule has 4 rings (SSSR count). The molecule has 1 aromatic carbocycles. The maximum atomic E-state index is 5.71. The Balaban J connectivity index is 1.66. The van der Waals surface area contributed by atoms with Crippen LogP contribution in [0.4, 0.5) is 0 Å². The van der Waals surface area contributed by atoms with Gasteiger partial charge >= 0.3 is 0 Å². The van der Waals surface area contributed by atoms with E-state index in [0.29, 0.717) is 24.9 Å². The normalized spacial score (nSPS) is 15.1. The van der Waals surface area contributed by atoms with Crippen LogP contribution >= 0.6 is 0 Å².